The van der Waals surface area contributed by atoms with Crippen LogP contribution in [0.15, 0.2) is 60.9 Å². The Hall–Kier alpha value is -3.14. The molecule has 2 aromatic carbocycles. The lowest BCUT2D eigenvalue weighted by atomic mass is 9.73. The van der Waals surface area contributed by atoms with Crippen LogP contribution in [0.5, 0.6) is 0 Å². The van der Waals surface area contributed by atoms with Crippen LogP contribution >= 0.6 is 0 Å². The molecule has 1 aliphatic rings. The number of carboxylic acids is 1. The van der Waals surface area contributed by atoms with Crippen molar-refractivity contribution in [2.75, 3.05) is 5.32 Å². The molecule has 3 aromatic rings. The van der Waals surface area contributed by atoms with Crippen LogP contribution in [0.1, 0.15) is 74.1 Å². The fourth-order valence-corrected chi connectivity index (χ4v) is 4.39. The Morgan fingerprint density at radius 3 is 2.39 bits per heavy atom. The van der Waals surface area contributed by atoms with Crippen molar-refractivity contribution in [3.8, 4) is 11.1 Å². The topological polar surface area (TPSA) is 62.2 Å². The number of rotatable bonds is 3. The monoisotopic (exact) mass is 414 g/mol. The molecule has 4 nitrogen and oxygen atoms in total. The lowest BCUT2D eigenvalue weighted by molar-refractivity contribution is 0.0696. The maximum atomic E-state index is 11.4. The number of benzene rings is 2. The van der Waals surface area contributed by atoms with E-state index in [0.717, 1.165) is 34.4 Å². The molecule has 31 heavy (non-hydrogen) atoms. The minimum absolute atomic E-state index is 0.111. The normalized spacial score (nSPS) is 17.5. The van der Waals surface area contributed by atoms with Crippen molar-refractivity contribution >= 4 is 11.7 Å². The maximum absolute atomic E-state index is 11.4. The highest BCUT2D eigenvalue weighted by atomic mass is 16.4. The molecule has 0 saturated heterocycles. The Balaban J connectivity index is 1.65. The average Bonchev–Trinajstić information content (AvgIpc) is 2.72. The summed E-state index contributed by atoms with van der Waals surface area (Å²) < 4.78 is 0. The van der Waals surface area contributed by atoms with E-state index in [1.54, 1.807) is 12.1 Å². The van der Waals surface area contributed by atoms with Gasteiger partial charge in [-0.15, -0.1) is 0 Å². The van der Waals surface area contributed by atoms with Gasteiger partial charge in [0.25, 0.3) is 0 Å². The van der Waals surface area contributed by atoms with E-state index >= 15 is 0 Å². The van der Waals surface area contributed by atoms with Crippen molar-refractivity contribution in [2.24, 2.45) is 0 Å². The van der Waals surface area contributed by atoms with Crippen LogP contribution in [-0.2, 0) is 10.8 Å². The van der Waals surface area contributed by atoms with Gasteiger partial charge in [0, 0.05) is 23.6 Å². The predicted octanol–water partition coefficient (Wildman–Crippen LogP) is 6.58. The molecule has 4 heteroatoms. The van der Waals surface area contributed by atoms with E-state index in [0.29, 0.717) is 5.56 Å². The highest BCUT2D eigenvalue weighted by Crippen LogP contribution is 2.44. The van der Waals surface area contributed by atoms with E-state index in [9.17, 15) is 9.90 Å². The zero-order valence-corrected chi connectivity index (χ0v) is 18.9. The minimum atomic E-state index is -0.893. The van der Waals surface area contributed by atoms with Gasteiger partial charge < -0.3 is 10.4 Å². The molecule has 0 spiro atoms. The molecule has 0 aliphatic carbocycles. The Morgan fingerprint density at radius 1 is 1.03 bits per heavy atom. The van der Waals surface area contributed by atoms with Gasteiger partial charge in [0.15, 0.2) is 0 Å². The molecular weight excluding hydrogens is 384 g/mol. The van der Waals surface area contributed by atoms with Gasteiger partial charge in [-0.3, -0.25) is 4.98 Å². The van der Waals surface area contributed by atoms with Gasteiger partial charge in [-0.2, -0.15) is 0 Å². The van der Waals surface area contributed by atoms with Crippen molar-refractivity contribution in [3.63, 3.8) is 0 Å². The first-order valence-electron chi connectivity index (χ1n) is 10.7. The number of carboxylic acid groups (broad SMARTS) is 1. The van der Waals surface area contributed by atoms with E-state index in [4.69, 9.17) is 0 Å². The molecule has 1 unspecified atom stereocenters. The molecule has 160 valence electrons. The molecule has 1 aliphatic heterocycles. The second-order valence-corrected chi connectivity index (χ2v) is 10.2. The number of fused-ring (bicyclic) bond motifs is 1. The smallest absolute Gasteiger partial charge is 0.335 e. The number of aromatic carboxylic acids is 1. The number of nitrogens with one attached hydrogen (secondary N) is 1. The van der Waals surface area contributed by atoms with Gasteiger partial charge in [-0.05, 0) is 63.8 Å². The lowest BCUT2D eigenvalue weighted by Crippen LogP contribution is -2.31. The summed E-state index contributed by atoms with van der Waals surface area (Å²) in [6.45, 7) is 11.0. The molecule has 0 amide bonds. The van der Waals surface area contributed by atoms with Crippen molar-refractivity contribution in [1.82, 2.24) is 4.98 Å². The number of anilines is 1. The minimum Gasteiger partial charge on any atom is -0.478 e. The van der Waals surface area contributed by atoms with E-state index in [1.807, 2.05) is 18.5 Å². The first-order valence-corrected chi connectivity index (χ1v) is 10.7. The lowest BCUT2D eigenvalue weighted by Gasteiger charge is -2.39. The fourth-order valence-electron chi connectivity index (χ4n) is 4.39. The first-order chi connectivity index (χ1) is 14.5. The van der Waals surface area contributed by atoms with Crippen molar-refractivity contribution in [1.29, 1.82) is 0 Å². The third-order valence-corrected chi connectivity index (χ3v) is 6.29. The second kappa shape index (κ2) is 7.52. The number of hydrogen-bond acceptors (Lipinski definition) is 3. The molecular formula is C27H30N2O2. The summed E-state index contributed by atoms with van der Waals surface area (Å²) in [5.41, 5.74) is 7.05. The van der Waals surface area contributed by atoms with Crippen LogP contribution in [0.2, 0.25) is 0 Å². The molecule has 2 N–H and O–H groups in total. The van der Waals surface area contributed by atoms with Crippen LogP contribution in [0.3, 0.4) is 0 Å². The molecule has 1 aromatic heterocycles. The Labute approximate surface area is 184 Å². The number of pyridine rings is 1. The molecule has 2 heterocycles. The highest BCUT2D eigenvalue weighted by Gasteiger charge is 2.34. The summed E-state index contributed by atoms with van der Waals surface area (Å²) in [5.74, 6) is -0.893. The zero-order chi connectivity index (χ0) is 22.4. The summed E-state index contributed by atoms with van der Waals surface area (Å²) in [5, 5.41) is 13.0. The number of aromatic nitrogens is 1. The summed E-state index contributed by atoms with van der Waals surface area (Å²) >= 11 is 0. The van der Waals surface area contributed by atoms with Gasteiger partial charge in [0.2, 0.25) is 0 Å². The quantitative estimate of drug-likeness (QED) is 0.508. The first kappa shape index (κ1) is 21.1. The molecule has 0 fully saturated rings. The van der Waals surface area contributed by atoms with Gasteiger partial charge in [-0.25, -0.2) is 4.79 Å². The van der Waals surface area contributed by atoms with Gasteiger partial charge in [0.1, 0.15) is 0 Å². The largest absolute Gasteiger partial charge is 0.478 e. The third kappa shape index (κ3) is 4.20. The standard InChI is InChI=1S/C27H30N2O2/c1-26(2,3)21-9-6-17(7-10-21)19-12-20(16-28-15-19)24-14-27(4,5)22-13-18(25(30)31)8-11-23(22)29-24/h6-13,15-16,24,29H,14H2,1-5H3,(H,30,31). The van der Waals surface area contributed by atoms with E-state index in [-0.39, 0.29) is 16.9 Å². The molecule has 4 rings (SSSR count). The van der Waals surface area contributed by atoms with Crippen molar-refractivity contribution < 1.29 is 9.90 Å². The molecule has 0 saturated carbocycles. The van der Waals surface area contributed by atoms with Crippen LogP contribution < -0.4 is 5.32 Å². The fraction of sp³-hybridized carbons (Fsp3) is 0.333. The number of nitrogens with zero attached hydrogens (tertiary/aromatic N) is 1. The van der Waals surface area contributed by atoms with Crippen LogP contribution in [0, 0.1) is 0 Å². The Kier molecular flexibility index (Phi) is 5.12. The van der Waals surface area contributed by atoms with E-state index in [2.05, 4.69) is 75.3 Å². The molecule has 0 radical (unpaired) electrons. The third-order valence-electron chi connectivity index (χ3n) is 6.29. The predicted molar refractivity (Wildman–Crippen MR) is 126 cm³/mol. The number of carbonyl (C=O) groups is 1. The van der Waals surface area contributed by atoms with Crippen molar-refractivity contribution in [2.45, 2.75) is 57.9 Å². The summed E-state index contributed by atoms with van der Waals surface area (Å²) in [7, 11) is 0. The molecule has 0 bridgehead atoms. The van der Waals surface area contributed by atoms with Gasteiger partial charge >= 0.3 is 5.97 Å². The van der Waals surface area contributed by atoms with Crippen molar-refractivity contribution in [3.05, 3.63) is 83.2 Å². The van der Waals surface area contributed by atoms with Crippen LogP contribution in [0.4, 0.5) is 5.69 Å². The van der Waals surface area contributed by atoms with Crippen LogP contribution in [0.25, 0.3) is 11.1 Å². The average molecular weight is 415 g/mol. The highest BCUT2D eigenvalue weighted by molar-refractivity contribution is 5.89. The SMILES string of the molecule is CC(C)(C)c1ccc(-c2cncc(C3CC(C)(C)c4cc(C(=O)O)ccc4N3)c2)cc1. The summed E-state index contributed by atoms with van der Waals surface area (Å²) in [6.07, 6.45) is 4.70. The number of hydrogen-bond donors (Lipinski definition) is 2. The Morgan fingerprint density at radius 2 is 1.74 bits per heavy atom. The maximum Gasteiger partial charge on any atom is 0.335 e. The van der Waals surface area contributed by atoms with Crippen LogP contribution in [-0.4, -0.2) is 16.1 Å². The van der Waals surface area contributed by atoms with Gasteiger partial charge in [0.05, 0.1) is 11.6 Å². The zero-order valence-electron chi connectivity index (χ0n) is 18.9. The summed E-state index contributed by atoms with van der Waals surface area (Å²) in [4.78, 5) is 15.9. The van der Waals surface area contributed by atoms with E-state index in [1.165, 1.54) is 5.56 Å². The van der Waals surface area contributed by atoms with Gasteiger partial charge in [-0.1, -0.05) is 58.9 Å². The second-order valence-electron chi connectivity index (χ2n) is 10.2. The Bertz CT molecular complexity index is 1120. The summed E-state index contributed by atoms with van der Waals surface area (Å²) in [6, 6.07) is 16.4. The molecule has 1 atom stereocenters. The van der Waals surface area contributed by atoms with E-state index < -0.39 is 5.97 Å².